The van der Waals surface area contributed by atoms with Crippen molar-refractivity contribution >= 4 is 75.8 Å². The van der Waals surface area contributed by atoms with Crippen LogP contribution in [0.2, 0.25) is 19.6 Å². The van der Waals surface area contributed by atoms with Crippen LogP contribution in [-0.2, 0) is 16.2 Å². The SMILES string of the molecule is C[Si](C)(C)C#CC12CC3(c4ccc(I)cc4)CC(c4ccc(I)cc4)(C1)CC(c1ccc(I)cc1)(C2)C3. The monoisotopic (exact) mass is 838 g/mol. The van der Waals surface area contributed by atoms with Crippen LogP contribution in [0.25, 0.3) is 0 Å². The zero-order valence-corrected chi connectivity index (χ0v) is 29.3. The summed E-state index contributed by atoms with van der Waals surface area (Å²) in [6.45, 7) is 7.21. The van der Waals surface area contributed by atoms with E-state index in [1.165, 1.54) is 65.9 Å². The number of halogens is 3. The summed E-state index contributed by atoms with van der Waals surface area (Å²) < 4.78 is 3.96. The zero-order valence-electron chi connectivity index (χ0n) is 21.8. The molecule has 37 heavy (non-hydrogen) atoms. The average molecular weight is 838 g/mol. The molecule has 3 aromatic carbocycles. The third kappa shape index (κ3) is 4.90. The lowest BCUT2D eigenvalue weighted by atomic mass is 9.33. The summed E-state index contributed by atoms with van der Waals surface area (Å²) in [4.78, 5) is 0. The molecule has 0 atom stereocenters. The summed E-state index contributed by atoms with van der Waals surface area (Å²) in [6.07, 6.45) is 7.33. The minimum Gasteiger partial charge on any atom is -0.131 e. The van der Waals surface area contributed by atoms with E-state index in [-0.39, 0.29) is 21.7 Å². The maximum Gasteiger partial charge on any atom is 0.129 e. The van der Waals surface area contributed by atoms with Crippen LogP contribution in [-0.4, -0.2) is 8.07 Å². The van der Waals surface area contributed by atoms with E-state index in [1.807, 2.05) is 0 Å². The Kier molecular flexibility index (Phi) is 6.77. The fourth-order valence-corrected chi connectivity index (χ4v) is 10.1. The first-order chi connectivity index (χ1) is 17.4. The molecule has 0 aromatic heterocycles. The molecule has 0 saturated heterocycles. The van der Waals surface area contributed by atoms with E-state index in [9.17, 15) is 0 Å². The van der Waals surface area contributed by atoms with Crippen molar-refractivity contribution in [1.82, 2.24) is 0 Å². The minimum atomic E-state index is -1.51. The average Bonchev–Trinajstić information content (AvgIpc) is 2.83. The van der Waals surface area contributed by atoms with E-state index in [1.54, 1.807) is 0 Å². The summed E-state index contributed by atoms with van der Waals surface area (Å²) in [5.74, 6) is 4.09. The molecule has 0 N–H and O–H groups in total. The Morgan fingerprint density at radius 2 is 0.811 bits per heavy atom. The first-order valence-corrected chi connectivity index (χ1v) is 20.0. The Hall–Kier alpha value is -0.373. The second kappa shape index (κ2) is 9.34. The quantitative estimate of drug-likeness (QED) is 0.140. The van der Waals surface area contributed by atoms with Gasteiger partial charge in [0.1, 0.15) is 8.07 Å². The van der Waals surface area contributed by atoms with Crippen LogP contribution in [0, 0.1) is 27.6 Å². The molecular formula is C33H33I3Si. The van der Waals surface area contributed by atoms with Crippen LogP contribution in [0.1, 0.15) is 55.2 Å². The van der Waals surface area contributed by atoms with Crippen molar-refractivity contribution in [1.29, 1.82) is 0 Å². The van der Waals surface area contributed by atoms with E-state index in [4.69, 9.17) is 0 Å². The van der Waals surface area contributed by atoms with Gasteiger partial charge in [0.2, 0.25) is 0 Å². The van der Waals surface area contributed by atoms with Crippen LogP contribution in [0.4, 0.5) is 0 Å². The third-order valence-corrected chi connectivity index (χ3v) is 12.2. The van der Waals surface area contributed by atoms with Crippen LogP contribution < -0.4 is 0 Å². The maximum atomic E-state index is 4.09. The van der Waals surface area contributed by atoms with Gasteiger partial charge in [0, 0.05) is 16.1 Å². The molecule has 0 unspecified atom stereocenters. The van der Waals surface area contributed by atoms with Crippen molar-refractivity contribution in [2.24, 2.45) is 5.41 Å². The molecule has 0 amide bonds. The smallest absolute Gasteiger partial charge is 0.129 e. The maximum absolute atomic E-state index is 4.09. The van der Waals surface area contributed by atoms with Gasteiger partial charge in [0.25, 0.3) is 0 Å². The summed E-state index contributed by atoms with van der Waals surface area (Å²) in [7, 11) is -1.51. The van der Waals surface area contributed by atoms with Gasteiger partial charge in [0.05, 0.1) is 0 Å². The molecule has 4 aliphatic carbocycles. The van der Waals surface area contributed by atoms with Gasteiger partial charge >= 0.3 is 0 Å². The van der Waals surface area contributed by atoms with Gasteiger partial charge in [-0.05, 0) is 176 Å². The minimum absolute atomic E-state index is 0.0595. The molecule has 4 bridgehead atoms. The second-order valence-electron chi connectivity index (χ2n) is 13.2. The van der Waals surface area contributed by atoms with E-state index >= 15 is 0 Å². The molecule has 4 fully saturated rings. The highest BCUT2D eigenvalue weighted by Gasteiger charge is 2.69. The summed E-state index contributed by atoms with van der Waals surface area (Å²) in [6, 6.07) is 28.6. The Bertz CT molecular complexity index is 1230. The Balaban J connectivity index is 1.62. The summed E-state index contributed by atoms with van der Waals surface area (Å²) in [5, 5.41) is 0. The van der Waals surface area contributed by atoms with Crippen LogP contribution in [0.15, 0.2) is 72.8 Å². The number of benzene rings is 3. The van der Waals surface area contributed by atoms with Crippen LogP contribution in [0.3, 0.4) is 0 Å². The third-order valence-electron chi connectivity index (χ3n) is 9.13. The Labute approximate surface area is 264 Å². The first-order valence-electron chi connectivity index (χ1n) is 13.3. The lowest BCUT2D eigenvalue weighted by molar-refractivity contribution is -0.0803. The van der Waals surface area contributed by atoms with Crippen molar-refractivity contribution in [2.75, 3.05) is 0 Å². The lowest BCUT2D eigenvalue weighted by Crippen LogP contribution is -2.65. The van der Waals surface area contributed by atoms with Gasteiger partial charge in [-0.3, -0.25) is 0 Å². The van der Waals surface area contributed by atoms with Crippen molar-refractivity contribution in [2.45, 2.75) is 74.4 Å². The fourth-order valence-electron chi connectivity index (χ4n) is 8.42. The fraction of sp³-hybridized carbons (Fsp3) is 0.394. The normalized spacial score (nSPS) is 32.2. The predicted octanol–water partition coefficient (Wildman–Crippen LogP) is 9.86. The molecule has 4 heteroatoms. The summed E-state index contributed by atoms with van der Waals surface area (Å²) in [5.41, 5.74) is 9.03. The number of hydrogen-bond donors (Lipinski definition) is 0. The zero-order chi connectivity index (χ0) is 26.1. The topological polar surface area (TPSA) is 0 Å². The van der Waals surface area contributed by atoms with E-state index in [0.29, 0.717) is 0 Å². The molecule has 3 aromatic rings. The van der Waals surface area contributed by atoms with Crippen LogP contribution >= 0.6 is 67.8 Å². The number of rotatable bonds is 3. The van der Waals surface area contributed by atoms with Crippen molar-refractivity contribution in [3.8, 4) is 11.5 Å². The number of hydrogen-bond acceptors (Lipinski definition) is 0. The second-order valence-corrected chi connectivity index (χ2v) is 21.7. The van der Waals surface area contributed by atoms with Gasteiger partial charge in [-0.25, -0.2) is 0 Å². The molecule has 0 heterocycles. The summed E-state index contributed by atoms with van der Waals surface area (Å²) >= 11 is 7.35. The van der Waals surface area contributed by atoms with Crippen molar-refractivity contribution in [3.05, 3.63) is 100 Å². The van der Waals surface area contributed by atoms with Gasteiger partial charge in [-0.2, -0.15) is 0 Å². The molecule has 7 rings (SSSR count). The molecule has 0 nitrogen and oxygen atoms in total. The highest BCUT2D eigenvalue weighted by Crippen LogP contribution is 2.74. The molecule has 0 radical (unpaired) electrons. The standard InChI is InChI=1S/C33H33I3Si/c1-37(2,3)17-16-30-18-31(24-4-10-27(34)11-5-24)21-32(19-30,25-6-12-28(35)13-7-25)23-33(20-30,22-31)26-8-14-29(36)15-9-26/h4-15H,18-23H2,1-3H3. The van der Waals surface area contributed by atoms with Crippen molar-refractivity contribution in [3.63, 3.8) is 0 Å². The molecule has 0 spiro atoms. The van der Waals surface area contributed by atoms with Gasteiger partial charge in [-0.1, -0.05) is 56.0 Å². The Morgan fingerprint density at radius 3 is 1.08 bits per heavy atom. The van der Waals surface area contributed by atoms with Gasteiger partial charge in [-0.15, -0.1) is 11.5 Å². The highest BCUT2D eigenvalue weighted by molar-refractivity contribution is 14.1. The molecule has 190 valence electrons. The van der Waals surface area contributed by atoms with E-state index < -0.39 is 8.07 Å². The van der Waals surface area contributed by atoms with E-state index in [2.05, 4.69) is 172 Å². The molecule has 0 aliphatic heterocycles. The highest BCUT2D eigenvalue weighted by atomic mass is 127. The van der Waals surface area contributed by atoms with Gasteiger partial charge in [0.15, 0.2) is 0 Å². The lowest BCUT2D eigenvalue weighted by Gasteiger charge is -2.70. The first kappa shape index (κ1) is 26.8. The van der Waals surface area contributed by atoms with E-state index in [0.717, 1.165) is 0 Å². The Morgan fingerprint density at radius 1 is 0.514 bits per heavy atom. The van der Waals surface area contributed by atoms with Crippen molar-refractivity contribution < 1.29 is 0 Å². The molecule has 4 aliphatic rings. The van der Waals surface area contributed by atoms with Gasteiger partial charge < -0.3 is 0 Å². The molecule has 4 saturated carbocycles. The predicted molar refractivity (Wildman–Crippen MR) is 184 cm³/mol. The molecular weight excluding hydrogens is 805 g/mol. The largest absolute Gasteiger partial charge is 0.131 e. The van der Waals surface area contributed by atoms with Crippen LogP contribution in [0.5, 0.6) is 0 Å².